The molecule has 0 aromatic carbocycles. The molecule has 0 spiro atoms. The van der Waals surface area contributed by atoms with Gasteiger partial charge in [-0.1, -0.05) is 0 Å². The Morgan fingerprint density at radius 1 is 1.10 bits per heavy atom. The van der Waals surface area contributed by atoms with Gasteiger partial charge >= 0.3 is 12.1 Å². The quantitative estimate of drug-likeness (QED) is 0.530. The molecule has 0 heterocycles. The fourth-order valence-corrected chi connectivity index (χ4v) is 0.140. The first-order valence-corrected chi connectivity index (χ1v) is 1.94. The lowest BCUT2D eigenvalue weighted by Gasteiger charge is -2.15. The zero-order valence-corrected chi connectivity index (χ0v) is 4.38. The predicted molar refractivity (Wildman–Crippen MR) is 20.3 cm³/mol. The maximum atomic E-state index is 11.5. The van der Waals surface area contributed by atoms with Gasteiger partial charge in [-0.05, 0) is 0 Å². The highest BCUT2D eigenvalue weighted by Gasteiger charge is 2.61. The van der Waals surface area contributed by atoms with Crippen LogP contribution >= 0.6 is 0 Å². The van der Waals surface area contributed by atoms with E-state index in [1.807, 2.05) is 0 Å². The first-order valence-electron chi connectivity index (χ1n) is 1.94. The van der Waals surface area contributed by atoms with Gasteiger partial charge in [-0.25, -0.2) is 0 Å². The summed E-state index contributed by atoms with van der Waals surface area (Å²) in [5.41, 5.74) is 0. The van der Waals surface area contributed by atoms with Gasteiger partial charge in [0, 0.05) is 6.92 Å². The summed E-state index contributed by atoms with van der Waals surface area (Å²) in [6, 6.07) is 0. The Morgan fingerprint density at radius 3 is 1.40 bits per heavy atom. The Hall–Kier alpha value is -0.680. The van der Waals surface area contributed by atoms with E-state index < -0.39 is 17.9 Å². The smallest absolute Gasteiger partial charge is 0.292 e. The zero-order valence-electron chi connectivity index (χ0n) is 4.38. The van der Waals surface area contributed by atoms with Gasteiger partial charge in [0.15, 0.2) is 0 Å². The summed E-state index contributed by atoms with van der Waals surface area (Å²) in [6.07, 6.45) is -5.89. The number of alkyl halides is 5. The van der Waals surface area contributed by atoms with Gasteiger partial charge in [0.25, 0.3) is 0 Å². The van der Waals surface area contributed by atoms with Gasteiger partial charge in [-0.15, -0.1) is 0 Å². The van der Waals surface area contributed by atoms with Gasteiger partial charge < -0.3 is 0 Å². The van der Waals surface area contributed by atoms with Crippen molar-refractivity contribution in [1.82, 2.24) is 0 Å². The van der Waals surface area contributed by atoms with Crippen LogP contribution in [0, 0.1) is 6.92 Å². The maximum absolute atomic E-state index is 11.5. The summed E-state index contributed by atoms with van der Waals surface area (Å²) in [5, 5.41) is 0. The molecule has 1 nitrogen and oxygen atoms in total. The molecule has 0 aliphatic rings. The van der Waals surface area contributed by atoms with Crippen molar-refractivity contribution in [2.45, 2.75) is 12.1 Å². The van der Waals surface area contributed by atoms with Crippen LogP contribution in [0.2, 0.25) is 0 Å². The first-order chi connectivity index (χ1) is 4.19. The average molecular weight is 160 g/mol. The van der Waals surface area contributed by atoms with Crippen LogP contribution in [0.5, 0.6) is 0 Å². The lowest BCUT2D eigenvalue weighted by Crippen LogP contribution is -2.42. The Bertz CT molecular complexity index is 146. The van der Waals surface area contributed by atoms with Crippen molar-refractivity contribution in [3.05, 3.63) is 6.92 Å². The number of carbonyl (C=O) groups excluding carboxylic acids is 1. The molecular weight excluding hydrogens is 159 g/mol. The third-order valence-electron chi connectivity index (χ3n) is 0.665. The highest BCUT2D eigenvalue weighted by Crippen LogP contribution is 2.35. The molecule has 0 amide bonds. The standard InChI is InChI=1S/C4HF5O/c1-2(10)3(5,6)4(7,8)9/h1H. The minimum atomic E-state index is -5.89. The van der Waals surface area contributed by atoms with Gasteiger partial charge in [0.2, 0.25) is 5.78 Å². The minimum absolute atomic E-state index is 2.69. The number of ketones is 1. The van der Waals surface area contributed by atoms with Crippen molar-refractivity contribution in [1.29, 1.82) is 0 Å². The Balaban J connectivity index is 4.57. The lowest BCUT2D eigenvalue weighted by atomic mass is 10.2. The average Bonchev–Trinajstić information content (AvgIpc) is 1.62. The number of carbonyl (C=O) groups is 1. The van der Waals surface area contributed by atoms with Crippen LogP contribution in [0.25, 0.3) is 0 Å². The first kappa shape index (κ1) is 9.32. The highest BCUT2D eigenvalue weighted by atomic mass is 19.4. The van der Waals surface area contributed by atoms with Crippen LogP contribution < -0.4 is 0 Å². The predicted octanol–water partition coefficient (Wildman–Crippen LogP) is 1.46. The van der Waals surface area contributed by atoms with Crippen LogP contribution in [0.15, 0.2) is 0 Å². The molecule has 0 aromatic rings. The van der Waals surface area contributed by atoms with E-state index in [1.54, 1.807) is 0 Å². The van der Waals surface area contributed by atoms with Gasteiger partial charge in [-0.3, -0.25) is 4.79 Å². The second kappa shape index (κ2) is 2.17. The van der Waals surface area contributed by atoms with Crippen molar-refractivity contribution in [3.63, 3.8) is 0 Å². The lowest BCUT2D eigenvalue weighted by molar-refractivity contribution is -0.266. The monoisotopic (exact) mass is 160 g/mol. The third-order valence-corrected chi connectivity index (χ3v) is 0.665. The van der Waals surface area contributed by atoms with E-state index in [4.69, 9.17) is 0 Å². The van der Waals surface area contributed by atoms with Gasteiger partial charge in [0.1, 0.15) is 0 Å². The van der Waals surface area contributed by atoms with E-state index in [1.165, 1.54) is 0 Å². The van der Waals surface area contributed by atoms with Crippen molar-refractivity contribution in [2.75, 3.05) is 0 Å². The molecule has 0 bridgehead atoms. The molecule has 0 rings (SSSR count). The molecule has 0 fully saturated rings. The van der Waals surface area contributed by atoms with Crippen LogP contribution in [-0.2, 0) is 4.79 Å². The maximum Gasteiger partial charge on any atom is 0.461 e. The fourth-order valence-electron chi connectivity index (χ4n) is 0.140. The molecule has 0 atom stereocenters. The van der Waals surface area contributed by atoms with E-state index in [-0.39, 0.29) is 0 Å². The largest absolute Gasteiger partial charge is 0.461 e. The summed E-state index contributed by atoms with van der Waals surface area (Å²) in [6.45, 7) is 3.75. The normalized spacial score (nSPS) is 13.4. The Labute approximate surface area is 52.8 Å². The van der Waals surface area contributed by atoms with Crippen molar-refractivity contribution >= 4 is 5.78 Å². The van der Waals surface area contributed by atoms with E-state index >= 15 is 0 Å². The molecule has 0 saturated heterocycles. The molecule has 2 radical (unpaired) electrons. The second-order valence-corrected chi connectivity index (χ2v) is 1.44. The van der Waals surface area contributed by atoms with E-state index in [0.717, 1.165) is 0 Å². The second-order valence-electron chi connectivity index (χ2n) is 1.44. The number of rotatable bonds is 1. The van der Waals surface area contributed by atoms with Crippen molar-refractivity contribution < 1.29 is 26.7 Å². The van der Waals surface area contributed by atoms with Gasteiger partial charge in [-0.2, -0.15) is 22.0 Å². The number of hydrogen-bond donors (Lipinski definition) is 0. The van der Waals surface area contributed by atoms with Crippen LogP contribution in [0.3, 0.4) is 0 Å². The van der Waals surface area contributed by atoms with Crippen LogP contribution in [-0.4, -0.2) is 17.9 Å². The number of hydrogen-bond acceptors (Lipinski definition) is 1. The summed E-state index contributed by atoms with van der Waals surface area (Å²) in [4.78, 5) is 9.42. The highest BCUT2D eigenvalue weighted by molar-refractivity contribution is 5.90. The number of halogens is 5. The van der Waals surface area contributed by atoms with Crippen LogP contribution in [0.4, 0.5) is 22.0 Å². The summed E-state index contributed by atoms with van der Waals surface area (Å²) >= 11 is 0. The Morgan fingerprint density at radius 2 is 1.40 bits per heavy atom. The Kier molecular flexibility index (Phi) is 2.03. The van der Waals surface area contributed by atoms with Crippen molar-refractivity contribution in [3.8, 4) is 0 Å². The summed E-state index contributed by atoms with van der Waals surface area (Å²) in [5.74, 6) is -8.12. The molecular formula is C4HF5O. The molecule has 0 unspecified atom stereocenters. The molecule has 58 valence electrons. The molecule has 0 aromatic heterocycles. The van der Waals surface area contributed by atoms with Crippen LogP contribution in [0.1, 0.15) is 0 Å². The molecule has 0 aliphatic carbocycles. The molecule has 0 N–H and O–H groups in total. The fraction of sp³-hybridized carbons (Fsp3) is 0.500. The SMILES string of the molecule is [CH]C(=O)C(F)(F)C(F)(F)F. The topological polar surface area (TPSA) is 17.1 Å². The molecule has 10 heavy (non-hydrogen) atoms. The number of Topliss-reactive ketones (excluding diaryl/α,β-unsaturated/α-hetero) is 1. The summed E-state index contributed by atoms with van der Waals surface area (Å²) in [7, 11) is 0. The van der Waals surface area contributed by atoms with Crippen molar-refractivity contribution in [2.24, 2.45) is 0 Å². The molecule has 0 aliphatic heterocycles. The minimum Gasteiger partial charge on any atom is -0.292 e. The van der Waals surface area contributed by atoms with E-state index in [9.17, 15) is 26.7 Å². The summed E-state index contributed by atoms with van der Waals surface area (Å²) < 4.78 is 56.0. The zero-order chi connectivity index (χ0) is 8.58. The van der Waals surface area contributed by atoms with E-state index in [0.29, 0.717) is 0 Å². The molecule has 0 saturated carbocycles. The van der Waals surface area contributed by atoms with E-state index in [2.05, 4.69) is 6.92 Å². The van der Waals surface area contributed by atoms with Gasteiger partial charge in [0.05, 0.1) is 0 Å². The third kappa shape index (κ3) is 1.43. The molecule has 6 heteroatoms.